The Labute approximate surface area is 226 Å². The maximum Gasteiger partial charge on any atom is 0.250 e. The van der Waals surface area contributed by atoms with E-state index in [1.54, 1.807) is 13.3 Å². The maximum atomic E-state index is 6.27. The van der Waals surface area contributed by atoms with Crippen molar-refractivity contribution in [3.63, 3.8) is 0 Å². The van der Waals surface area contributed by atoms with E-state index in [-0.39, 0.29) is 0 Å². The molecule has 2 saturated heterocycles. The molecule has 0 bridgehead atoms. The summed E-state index contributed by atoms with van der Waals surface area (Å²) in [4.78, 5) is 18.1. The zero-order valence-electron chi connectivity index (χ0n) is 21.2. The third kappa shape index (κ3) is 6.60. The van der Waals surface area contributed by atoms with E-state index in [0.29, 0.717) is 67.4 Å². The van der Waals surface area contributed by atoms with Crippen LogP contribution in [-0.2, 0) is 16.1 Å². The minimum Gasteiger partial charge on any atom is -0.493 e. The Hall–Kier alpha value is -3.67. The standard InChI is InChI=1S/C26H30ClN7O4/c1-35-22-7-6-19(16-23(22)38-18-20-4-2-3-5-21(20)27)17-28-32-24-29-25(33-8-12-36-13-9-33)31-26(30-24)34-10-14-37-15-11-34/h2-7,16-17H,8-15,18H2,1H3,(H,29,30,31,32). The second-order valence-electron chi connectivity index (χ2n) is 8.62. The molecular formula is C26H30ClN7O4. The summed E-state index contributed by atoms with van der Waals surface area (Å²) in [6, 6.07) is 13.1. The van der Waals surface area contributed by atoms with Crippen LogP contribution in [0.3, 0.4) is 0 Å². The van der Waals surface area contributed by atoms with Gasteiger partial charge in [0.05, 0.1) is 39.8 Å². The fraction of sp³-hybridized carbons (Fsp3) is 0.385. The summed E-state index contributed by atoms with van der Waals surface area (Å²) in [7, 11) is 1.60. The number of hydrazone groups is 1. The number of hydrogen-bond acceptors (Lipinski definition) is 11. The van der Waals surface area contributed by atoms with E-state index in [0.717, 1.165) is 37.3 Å². The SMILES string of the molecule is COc1ccc(C=NNc2nc(N3CCOCC3)nc(N3CCOCC3)n2)cc1OCc1ccccc1Cl. The summed E-state index contributed by atoms with van der Waals surface area (Å²) in [5.74, 6) is 2.76. The minimum atomic E-state index is 0.314. The lowest BCUT2D eigenvalue weighted by atomic mass is 10.2. The molecular weight excluding hydrogens is 510 g/mol. The van der Waals surface area contributed by atoms with E-state index in [9.17, 15) is 0 Å². The zero-order valence-corrected chi connectivity index (χ0v) is 21.9. The highest BCUT2D eigenvalue weighted by Crippen LogP contribution is 2.29. The normalized spacial score (nSPS) is 16.1. The third-order valence-electron chi connectivity index (χ3n) is 6.11. The molecule has 2 aliphatic heterocycles. The van der Waals surface area contributed by atoms with Crippen LogP contribution in [0, 0.1) is 0 Å². The van der Waals surface area contributed by atoms with Crippen molar-refractivity contribution in [2.75, 3.05) is 74.9 Å². The van der Waals surface area contributed by atoms with Gasteiger partial charge < -0.3 is 28.7 Å². The zero-order chi connectivity index (χ0) is 26.2. The van der Waals surface area contributed by atoms with Gasteiger partial charge in [0.1, 0.15) is 6.61 Å². The lowest BCUT2D eigenvalue weighted by Gasteiger charge is -2.30. The first-order chi connectivity index (χ1) is 18.7. The number of ether oxygens (including phenoxy) is 4. The average Bonchev–Trinajstić information content (AvgIpc) is 2.97. The molecule has 1 aromatic heterocycles. The van der Waals surface area contributed by atoms with E-state index >= 15 is 0 Å². The molecule has 1 N–H and O–H groups in total. The van der Waals surface area contributed by atoms with Gasteiger partial charge in [-0.2, -0.15) is 20.1 Å². The number of nitrogens with one attached hydrogen (secondary N) is 1. The van der Waals surface area contributed by atoms with E-state index in [4.69, 9.17) is 35.5 Å². The summed E-state index contributed by atoms with van der Waals surface area (Å²) in [5.41, 5.74) is 4.66. The molecule has 11 nitrogen and oxygen atoms in total. The van der Waals surface area contributed by atoms with Crippen molar-refractivity contribution in [2.24, 2.45) is 5.10 Å². The fourth-order valence-electron chi connectivity index (χ4n) is 4.04. The molecule has 0 spiro atoms. The van der Waals surface area contributed by atoms with Gasteiger partial charge in [0, 0.05) is 36.8 Å². The first-order valence-electron chi connectivity index (χ1n) is 12.4. The summed E-state index contributed by atoms with van der Waals surface area (Å²) >= 11 is 6.27. The Morgan fingerprint density at radius 1 is 0.921 bits per heavy atom. The van der Waals surface area contributed by atoms with Crippen LogP contribution in [0.25, 0.3) is 0 Å². The van der Waals surface area contributed by atoms with Crippen molar-refractivity contribution >= 4 is 35.7 Å². The number of halogens is 1. The summed E-state index contributed by atoms with van der Waals surface area (Å²) in [6.45, 7) is 5.74. The van der Waals surface area contributed by atoms with E-state index in [1.165, 1.54) is 0 Å². The Balaban J connectivity index is 1.31. The molecule has 2 aliphatic rings. The number of anilines is 3. The Morgan fingerprint density at radius 2 is 1.58 bits per heavy atom. The van der Waals surface area contributed by atoms with Crippen LogP contribution in [0.5, 0.6) is 11.5 Å². The third-order valence-corrected chi connectivity index (χ3v) is 6.48. The van der Waals surface area contributed by atoms with Crippen molar-refractivity contribution in [2.45, 2.75) is 6.61 Å². The molecule has 0 saturated carbocycles. The summed E-state index contributed by atoms with van der Waals surface area (Å²) in [5, 5.41) is 5.03. The Kier molecular flexibility index (Phi) is 8.69. The lowest BCUT2D eigenvalue weighted by Crippen LogP contribution is -2.40. The predicted molar refractivity (Wildman–Crippen MR) is 146 cm³/mol. The topological polar surface area (TPSA) is 106 Å². The van der Waals surface area contributed by atoms with Gasteiger partial charge in [-0.05, 0) is 29.8 Å². The second-order valence-corrected chi connectivity index (χ2v) is 9.03. The van der Waals surface area contributed by atoms with Crippen molar-refractivity contribution in [1.82, 2.24) is 15.0 Å². The molecule has 200 valence electrons. The maximum absolute atomic E-state index is 6.27. The van der Waals surface area contributed by atoms with E-state index in [1.807, 2.05) is 42.5 Å². The molecule has 2 aromatic carbocycles. The van der Waals surface area contributed by atoms with Crippen LogP contribution < -0.4 is 24.7 Å². The van der Waals surface area contributed by atoms with Gasteiger partial charge in [-0.15, -0.1) is 0 Å². The fourth-order valence-corrected chi connectivity index (χ4v) is 4.23. The molecule has 0 atom stereocenters. The summed E-state index contributed by atoms with van der Waals surface area (Å²) < 4.78 is 22.4. The van der Waals surface area contributed by atoms with Crippen LogP contribution in [0.2, 0.25) is 5.02 Å². The number of methoxy groups -OCH3 is 1. The van der Waals surface area contributed by atoms with Crippen LogP contribution >= 0.6 is 11.6 Å². The molecule has 0 amide bonds. The van der Waals surface area contributed by atoms with E-state index < -0.39 is 0 Å². The van der Waals surface area contributed by atoms with Gasteiger partial charge in [0.15, 0.2) is 11.5 Å². The van der Waals surface area contributed by atoms with Crippen molar-refractivity contribution in [3.8, 4) is 11.5 Å². The number of rotatable bonds is 9. The summed E-state index contributed by atoms with van der Waals surface area (Å²) in [6.07, 6.45) is 1.67. The average molecular weight is 540 g/mol. The van der Waals surface area contributed by atoms with Crippen LogP contribution in [0.15, 0.2) is 47.6 Å². The number of hydrogen-bond donors (Lipinski definition) is 1. The first kappa shape index (κ1) is 26.0. The molecule has 0 unspecified atom stereocenters. The molecule has 3 aromatic rings. The number of aromatic nitrogens is 3. The highest BCUT2D eigenvalue weighted by molar-refractivity contribution is 6.31. The number of nitrogens with zero attached hydrogens (tertiary/aromatic N) is 6. The predicted octanol–water partition coefficient (Wildman–Crippen LogP) is 3.23. The van der Waals surface area contributed by atoms with Crippen LogP contribution in [0.4, 0.5) is 17.8 Å². The van der Waals surface area contributed by atoms with Gasteiger partial charge in [0.2, 0.25) is 17.8 Å². The quantitative estimate of drug-likeness (QED) is 0.322. The number of morpholine rings is 2. The molecule has 5 rings (SSSR count). The van der Waals surface area contributed by atoms with Crippen LogP contribution in [0.1, 0.15) is 11.1 Å². The molecule has 12 heteroatoms. The molecule has 0 radical (unpaired) electrons. The highest BCUT2D eigenvalue weighted by Gasteiger charge is 2.20. The Morgan fingerprint density at radius 3 is 2.21 bits per heavy atom. The number of benzene rings is 2. The minimum absolute atomic E-state index is 0.314. The molecule has 3 heterocycles. The smallest absolute Gasteiger partial charge is 0.250 e. The lowest BCUT2D eigenvalue weighted by molar-refractivity contribution is 0.121. The largest absolute Gasteiger partial charge is 0.493 e. The highest BCUT2D eigenvalue weighted by atomic mass is 35.5. The van der Waals surface area contributed by atoms with Gasteiger partial charge in [-0.1, -0.05) is 29.8 Å². The van der Waals surface area contributed by atoms with Gasteiger partial charge in [0.25, 0.3) is 0 Å². The van der Waals surface area contributed by atoms with Crippen molar-refractivity contribution in [3.05, 3.63) is 58.6 Å². The van der Waals surface area contributed by atoms with Crippen molar-refractivity contribution < 1.29 is 18.9 Å². The molecule has 38 heavy (non-hydrogen) atoms. The van der Waals surface area contributed by atoms with E-state index in [2.05, 4.69) is 30.3 Å². The molecule has 0 aliphatic carbocycles. The first-order valence-corrected chi connectivity index (χ1v) is 12.8. The van der Waals surface area contributed by atoms with Crippen molar-refractivity contribution in [1.29, 1.82) is 0 Å². The van der Waals surface area contributed by atoms with Gasteiger partial charge >= 0.3 is 0 Å². The monoisotopic (exact) mass is 539 g/mol. The van der Waals surface area contributed by atoms with Crippen LogP contribution in [-0.4, -0.2) is 80.9 Å². The molecule has 2 fully saturated rings. The Bertz CT molecular complexity index is 1210. The van der Waals surface area contributed by atoms with Gasteiger partial charge in [-0.25, -0.2) is 5.43 Å². The van der Waals surface area contributed by atoms with Gasteiger partial charge in [-0.3, -0.25) is 0 Å². The second kappa shape index (κ2) is 12.7.